The van der Waals surface area contributed by atoms with Crippen LogP contribution in [0.5, 0.6) is 0 Å². The predicted molar refractivity (Wildman–Crippen MR) is 137 cm³/mol. The lowest BCUT2D eigenvalue weighted by molar-refractivity contribution is -0.109. The van der Waals surface area contributed by atoms with Gasteiger partial charge in [0.2, 0.25) is 0 Å². The van der Waals surface area contributed by atoms with Crippen molar-refractivity contribution in [2.24, 2.45) is 0 Å². The van der Waals surface area contributed by atoms with E-state index in [2.05, 4.69) is 18.8 Å². The van der Waals surface area contributed by atoms with Gasteiger partial charge in [-0.05, 0) is 54.4 Å². The van der Waals surface area contributed by atoms with E-state index >= 15 is 0 Å². The molecule has 0 aliphatic carbocycles. The summed E-state index contributed by atoms with van der Waals surface area (Å²) in [6.45, 7) is 0. The van der Waals surface area contributed by atoms with E-state index in [1.54, 1.807) is 30.3 Å². The third kappa shape index (κ3) is 5.74. The number of aldehydes is 1. The standard InChI is InChI=1S/C22H15Cl3N4O4S2/c23-13-5-6-15(22(31)26-14(11-30)8-12-4-7-16(24)17(25)9-12)19(10-13)29-35(32,33)20-3-1-2-18-21(20)28-34-27-18/h1-7,9-11,14,29H,8H2,(H,26,31)/t14-/m0/s1. The summed E-state index contributed by atoms with van der Waals surface area (Å²) in [5, 5.41) is 3.48. The molecule has 0 radical (unpaired) electrons. The van der Waals surface area contributed by atoms with E-state index in [1.807, 2.05) is 0 Å². The van der Waals surface area contributed by atoms with Crippen LogP contribution < -0.4 is 10.0 Å². The lowest BCUT2D eigenvalue weighted by atomic mass is 10.1. The van der Waals surface area contributed by atoms with E-state index in [1.165, 1.54) is 24.3 Å². The summed E-state index contributed by atoms with van der Waals surface area (Å²) < 4.78 is 36.8. The number of fused-ring (bicyclic) bond motifs is 1. The molecule has 35 heavy (non-hydrogen) atoms. The maximum Gasteiger partial charge on any atom is 0.264 e. The Morgan fingerprint density at radius 3 is 2.57 bits per heavy atom. The second-order valence-electron chi connectivity index (χ2n) is 7.35. The topological polar surface area (TPSA) is 118 Å². The molecule has 0 unspecified atom stereocenters. The summed E-state index contributed by atoms with van der Waals surface area (Å²) in [5.74, 6) is -0.676. The number of sulfonamides is 1. The van der Waals surface area contributed by atoms with Gasteiger partial charge in [-0.1, -0.05) is 46.9 Å². The molecule has 0 aliphatic heterocycles. The number of halogens is 3. The summed E-state index contributed by atoms with van der Waals surface area (Å²) in [5.41, 5.74) is 1.23. The quantitative estimate of drug-likeness (QED) is 0.289. The van der Waals surface area contributed by atoms with Gasteiger partial charge in [0.1, 0.15) is 22.2 Å². The minimum absolute atomic E-state index is 0.0254. The van der Waals surface area contributed by atoms with Gasteiger partial charge in [-0.2, -0.15) is 8.75 Å². The Morgan fingerprint density at radius 2 is 1.83 bits per heavy atom. The Hall–Kier alpha value is -2.76. The number of anilines is 1. The van der Waals surface area contributed by atoms with Crippen LogP contribution in [0.4, 0.5) is 5.69 Å². The van der Waals surface area contributed by atoms with Crippen LogP contribution in [-0.2, 0) is 21.2 Å². The zero-order chi connectivity index (χ0) is 25.2. The van der Waals surface area contributed by atoms with Crippen molar-refractivity contribution < 1.29 is 18.0 Å². The van der Waals surface area contributed by atoms with Crippen LogP contribution in [0.1, 0.15) is 15.9 Å². The minimum atomic E-state index is -4.16. The first-order valence-electron chi connectivity index (χ1n) is 9.91. The highest BCUT2D eigenvalue weighted by molar-refractivity contribution is 7.93. The second-order valence-corrected chi connectivity index (χ2v) is 10.8. The monoisotopic (exact) mass is 568 g/mol. The van der Waals surface area contributed by atoms with E-state index in [0.29, 0.717) is 27.4 Å². The summed E-state index contributed by atoms with van der Waals surface area (Å²) in [4.78, 5) is 24.6. The average Bonchev–Trinajstić information content (AvgIpc) is 3.29. The molecule has 180 valence electrons. The molecule has 0 saturated carbocycles. The summed E-state index contributed by atoms with van der Waals surface area (Å²) in [6, 6.07) is 12.6. The van der Waals surface area contributed by atoms with E-state index in [-0.39, 0.29) is 33.1 Å². The number of aromatic nitrogens is 2. The van der Waals surface area contributed by atoms with Crippen molar-refractivity contribution in [2.75, 3.05) is 4.72 Å². The number of nitrogens with one attached hydrogen (secondary N) is 2. The van der Waals surface area contributed by atoms with Crippen LogP contribution in [0.2, 0.25) is 15.1 Å². The maximum atomic E-state index is 13.2. The molecule has 4 aromatic rings. The average molecular weight is 570 g/mol. The lowest BCUT2D eigenvalue weighted by Crippen LogP contribution is -2.38. The molecule has 13 heteroatoms. The fraction of sp³-hybridized carbons (Fsp3) is 0.0909. The fourth-order valence-corrected chi connectivity index (χ4v) is 5.63. The van der Waals surface area contributed by atoms with Crippen LogP contribution in [0.3, 0.4) is 0 Å². The fourth-order valence-electron chi connectivity index (χ4n) is 3.30. The number of nitrogens with zero attached hydrogens (tertiary/aromatic N) is 2. The number of amides is 1. The van der Waals surface area contributed by atoms with Gasteiger partial charge >= 0.3 is 0 Å². The third-order valence-corrected chi connectivity index (χ3v) is 7.84. The van der Waals surface area contributed by atoms with E-state index in [0.717, 1.165) is 11.7 Å². The normalized spacial score (nSPS) is 12.3. The van der Waals surface area contributed by atoms with Gasteiger partial charge in [0.05, 0.1) is 39.1 Å². The highest BCUT2D eigenvalue weighted by atomic mass is 35.5. The van der Waals surface area contributed by atoms with Crippen molar-refractivity contribution in [1.82, 2.24) is 14.1 Å². The Morgan fingerprint density at radius 1 is 1.03 bits per heavy atom. The van der Waals surface area contributed by atoms with Crippen molar-refractivity contribution >= 4 is 85.5 Å². The second kappa shape index (κ2) is 10.5. The van der Waals surface area contributed by atoms with Gasteiger partial charge in [-0.25, -0.2) is 8.42 Å². The van der Waals surface area contributed by atoms with Gasteiger partial charge < -0.3 is 10.1 Å². The molecule has 1 heterocycles. The number of carbonyl (C=O) groups excluding carboxylic acids is 2. The van der Waals surface area contributed by atoms with Crippen molar-refractivity contribution in [3.05, 3.63) is 80.8 Å². The number of hydrogen-bond acceptors (Lipinski definition) is 7. The molecule has 1 atom stereocenters. The molecular weight excluding hydrogens is 555 g/mol. The number of rotatable bonds is 8. The highest BCUT2D eigenvalue weighted by Gasteiger charge is 2.24. The zero-order valence-corrected chi connectivity index (χ0v) is 21.4. The van der Waals surface area contributed by atoms with Crippen molar-refractivity contribution in [1.29, 1.82) is 0 Å². The van der Waals surface area contributed by atoms with Crippen molar-refractivity contribution in [2.45, 2.75) is 17.4 Å². The van der Waals surface area contributed by atoms with Crippen molar-refractivity contribution in [3.8, 4) is 0 Å². The van der Waals surface area contributed by atoms with Crippen molar-refractivity contribution in [3.63, 3.8) is 0 Å². The summed E-state index contributed by atoms with van der Waals surface area (Å²) in [7, 11) is -4.16. The molecule has 1 amide bonds. The van der Waals surface area contributed by atoms with E-state index < -0.39 is 22.0 Å². The molecular formula is C22H15Cl3N4O4S2. The van der Waals surface area contributed by atoms with Gasteiger partial charge in [0, 0.05) is 5.02 Å². The van der Waals surface area contributed by atoms with Crippen LogP contribution in [0.25, 0.3) is 11.0 Å². The van der Waals surface area contributed by atoms with Gasteiger partial charge in [0.15, 0.2) is 0 Å². The van der Waals surface area contributed by atoms with Gasteiger partial charge in [-0.3, -0.25) is 9.52 Å². The van der Waals surface area contributed by atoms with Gasteiger partial charge in [0.25, 0.3) is 15.9 Å². The third-order valence-electron chi connectivity index (χ3n) is 4.93. The summed E-state index contributed by atoms with van der Waals surface area (Å²) >= 11 is 18.9. The van der Waals surface area contributed by atoms with Crippen LogP contribution in [0, 0.1) is 0 Å². The molecule has 2 N–H and O–H groups in total. The number of carbonyl (C=O) groups is 2. The van der Waals surface area contributed by atoms with Crippen LogP contribution in [0.15, 0.2) is 59.5 Å². The Kier molecular flexibility index (Phi) is 7.58. The Bertz CT molecular complexity index is 1540. The molecule has 0 saturated heterocycles. The molecule has 8 nitrogen and oxygen atoms in total. The van der Waals surface area contributed by atoms with Gasteiger partial charge in [-0.15, -0.1) is 0 Å². The number of hydrogen-bond donors (Lipinski definition) is 2. The van der Waals surface area contributed by atoms with E-state index in [9.17, 15) is 18.0 Å². The zero-order valence-electron chi connectivity index (χ0n) is 17.5. The molecule has 0 aliphatic rings. The minimum Gasteiger partial charge on any atom is -0.342 e. The highest BCUT2D eigenvalue weighted by Crippen LogP contribution is 2.28. The van der Waals surface area contributed by atoms with E-state index in [4.69, 9.17) is 34.8 Å². The first-order valence-corrected chi connectivity index (χ1v) is 13.3. The summed E-state index contributed by atoms with van der Waals surface area (Å²) in [6.07, 6.45) is 0.732. The van der Waals surface area contributed by atoms with Crippen LogP contribution in [-0.4, -0.2) is 35.4 Å². The SMILES string of the molecule is O=C[C@H](Cc1ccc(Cl)c(Cl)c1)NC(=O)c1ccc(Cl)cc1NS(=O)(=O)c1cccc2nsnc12. The smallest absolute Gasteiger partial charge is 0.264 e. The molecule has 1 aromatic heterocycles. The Labute approximate surface area is 219 Å². The molecule has 4 rings (SSSR count). The Balaban J connectivity index is 1.60. The first-order chi connectivity index (χ1) is 16.7. The molecule has 0 fully saturated rings. The van der Waals surface area contributed by atoms with Crippen LogP contribution >= 0.6 is 46.5 Å². The largest absolute Gasteiger partial charge is 0.342 e. The number of benzene rings is 3. The molecule has 3 aromatic carbocycles. The first kappa shape index (κ1) is 25.3. The molecule has 0 bridgehead atoms. The maximum absolute atomic E-state index is 13.2. The lowest BCUT2D eigenvalue weighted by Gasteiger charge is -2.16. The molecule has 0 spiro atoms. The predicted octanol–water partition coefficient (Wildman–Crippen LogP) is 4.99.